The molecule has 1 heterocycles. The van der Waals surface area contributed by atoms with Crippen molar-refractivity contribution in [2.24, 2.45) is 0 Å². The molecule has 0 radical (unpaired) electrons. The van der Waals surface area contributed by atoms with Crippen molar-refractivity contribution in [2.45, 2.75) is 11.2 Å². The van der Waals surface area contributed by atoms with Crippen molar-refractivity contribution in [1.29, 1.82) is 0 Å². The van der Waals surface area contributed by atoms with Crippen LogP contribution in [0, 0.1) is 0 Å². The number of hydrogen-bond donors (Lipinski definition) is 1. The largest absolute Gasteiger partial charge is 0.397 e. The Kier molecular flexibility index (Phi) is 3.33. The monoisotopic (exact) mass is 322 g/mol. The molecule has 0 aliphatic carbocycles. The molecule has 3 nitrogen and oxygen atoms in total. The van der Waals surface area contributed by atoms with Gasteiger partial charge in [-0.2, -0.15) is 0 Å². The van der Waals surface area contributed by atoms with Crippen LogP contribution in [-0.2, 0) is 4.79 Å². The Morgan fingerprint density at radius 1 is 1.38 bits per heavy atom. The molecule has 1 fully saturated rings. The summed E-state index contributed by atoms with van der Waals surface area (Å²) in [5.41, 5.74) is 6.65. The van der Waals surface area contributed by atoms with Gasteiger partial charge in [-0.05, 0) is 12.1 Å². The molecule has 1 amide bonds. The number of rotatable bonds is 1. The molecule has 16 heavy (non-hydrogen) atoms. The molecular weight excluding hydrogens is 315 g/mol. The van der Waals surface area contributed by atoms with Crippen molar-refractivity contribution in [2.75, 3.05) is 17.2 Å². The van der Waals surface area contributed by atoms with Crippen molar-refractivity contribution in [3.63, 3.8) is 0 Å². The summed E-state index contributed by atoms with van der Waals surface area (Å²) < 4.78 is 0. The van der Waals surface area contributed by atoms with Crippen molar-refractivity contribution in [3.8, 4) is 0 Å². The smallest absolute Gasteiger partial charge is 0.228 e. The predicted molar refractivity (Wildman–Crippen MR) is 70.6 cm³/mol. The summed E-state index contributed by atoms with van der Waals surface area (Å²) in [5, 5.41) is 0.849. The number of hydrogen-bond acceptors (Lipinski definition) is 2. The van der Waals surface area contributed by atoms with Gasteiger partial charge in [0.1, 0.15) is 0 Å². The number of alkyl halides is 1. The second-order valence-electron chi connectivity index (χ2n) is 3.63. The lowest BCUT2D eigenvalue weighted by Crippen LogP contribution is -2.24. The third-order valence-electron chi connectivity index (χ3n) is 2.43. The zero-order chi connectivity index (χ0) is 11.9. The summed E-state index contributed by atoms with van der Waals surface area (Å²) >= 11 is 15.4. The number of amides is 1. The van der Waals surface area contributed by atoms with Crippen molar-refractivity contribution < 1.29 is 4.79 Å². The van der Waals surface area contributed by atoms with Crippen molar-refractivity contribution in [1.82, 2.24) is 0 Å². The summed E-state index contributed by atoms with van der Waals surface area (Å²) in [6.45, 7) is 0.596. The lowest BCUT2D eigenvalue weighted by molar-refractivity contribution is -0.117. The first-order valence-electron chi connectivity index (χ1n) is 4.68. The standard InChI is InChI=1S/C10H9BrCl2N2O/c11-5-1-10(16)15(4-5)9-3-6(12)8(14)2-7(9)13/h2-3,5H,1,4,14H2. The molecule has 1 aliphatic heterocycles. The number of anilines is 2. The van der Waals surface area contributed by atoms with E-state index >= 15 is 0 Å². The lowest BCUT2D eigenvalue weighted by atomic mass is 10.2. The SMILES string of the molecule is Nc1cc(Cl)c(N2CC(Br)CC2=O)cc1Cl. The number of nitrogens with zero attached hydrogens (tertiary/aromatic N) is 1. The van der Waals surface area contributed by atoms with Gasteiger partial charge in [0.2, 0.25) is 5.91 Å². The van der Waals surface area contributed by atoms with Gasteiger partial charge in [-0.15, -0.1) is 0 Å². The highest BCUT2D eigenvalue weighted by Gasteiger charge is 2.30. The van der Waals surface area contributed by atoms with Gasteiger partial charge < -0.3 is 10.6 Å². The first-order valence-corrected chi connectivity index (χ1v) is 6.35. The predicted octanol–water partition coefficient (Wildman–Crippen LogP) is 3.08. The van der Waals surface area contributed by atoms with Crippen molar-refractivity contribution in [3.05, 3.63) is 22.2 Å². The minimum Gasteiger partial charge on any atom is -0.397 e. The average molecular weight is 324 g/mol. The fourth-order valence-corrected chi connectivity index (χ4v) is 2.65. The molecule has 6 heteroatoms. The summed E-state index contributed by atoms with van der Waals surface area (Å²) in [5.74, 6) is 0.0320. The molecule has 86 valence electrons. The van der Waals surface area contributed by atoms with Crippen LogP contribution < -0.4 is 10.6 Å². The molecule has 1 unspecified atom stereocenters. The maximum Gasteiger partial charge on any atom is 0.228 e. The van der Waals surface area contributed by atoms with E-state index in [4.69, 9.17) is 28.9 Å². The number of carbonyl (C=O) groups is 1. The van der Waals surface area contributed by atoms with Gasteiger partial charge in [0.25, 0.3) is 0 Å². The number of nitrogen functional groups attached to an aromatic ring is 1. The highest BCUT2D eigenvalue weighted by atomic mass is 79.9. The maximum absolute atomic E-state index is 11.7. The molecule has 1 atom stereocenters. The Hall–Kier alpha value is -0.450. The Morgan fingerprint density at radius 2 is 2.06 bits per heavy atom. The number of halogens is 3. The molecule has 0 saturated carbocycles. The van der Waals surface area contributed by atoms with Crippen LogP contribution in [0.2, 0.25) is 10.0 Å². The zero-order valence-electron chi connectivity index (χ0n) is 8.21. The van der Waals surface area contributed by atoms with Crippen LogP contribution in [0.1, 0.15) is 6.42 Å². The van der Waals surface area contributed by atoms with E-state index in [0.717, 1.165) is 0 Å². The van der Waals surface area contributed by atoms with Crippen LogP contribution in [0.25, 0.3) is 0 Å². The quantitative estimate of drug-likeness (QED) is 0.637. The van der Waals surface area contributed by atoms with E-state index in [1.165, 1.54) is 0 Å². The Morgan fingerprint density at radius 3 is 2.62 bits per heavy atom. The van der Waals surface area contributed by atoms with E-state index in [-0.39, 0.29) is 10.7 Å². The molecule has 1 aromatic carbocycles. The number of nitrogens with two attached hydrogens (primary N) is 1. The Labute approximate surface area is 112 Å². The molecular formula is C10H9BrCl2N2O. The molecule has 0 bridgehead atoms. The lowest BCUT2D eigenvalue weighted by Gasteiger charge is -2.18. The fourth-order valence-electron chi connectivity index (χ4n) is 1.66. The van der Waals surface area contributed by atoms with Crippen molar-refractivity contribution >= 4 is 56.4 Å². The summed E-state index contributed by atoms with van der Waals surface area (Å²) in [7, 11) is 0. The van der Waals surface area contributed by atoms with Gasteiger partial charge in [-0.1, -0.05) is 39.1 Å². The van der Waals surface area contributed by atoms with E-state index in [2.05, 4.69) is 15.9 Å². The van der Waals surface area contributed by atoms with E-state index in [1.807, 2.05) is 0 Å². The molecule has 1 aliphatic rings. The minimum atomic E-state index is 0.0320. The number of benzene rings is 1. The van der Waals surface area contributed by atoms with E-state index < -0.39 is 0 Å². The van der Waals surface area contributed by atoms with Gasteiger partial charge in [0, 0.05) is 17.8 Å². The minimum absolute atomic E-state index is 0.0320. The van der Waals surface area contributed by atoms with Crippen LogP contribution in [0.4, 0.5) is 11.4 Å². The molecule has 0 spiro atoms. The number of carbonyl (C=O) groups excluding carboxylic acids is 1. The average Bonchev–Trinajstić information content (AvgIpc) is 2.51. The highest BCUT2D eigenvalue weighted by molar-refractivity contribution is 9.09. The van der Waals surface area contributed by atoms with Gasteiger partial charge >= 0.3 is 0 Å². The molecule has 0 aromatic heterocycles. The molecule has 2 N–H and O–H groups in total. The van der Waals surface area contributed by atoms with Gasteiger partial charge in [-0.3, -0.25) is 4.79 Å². The van der Waals surface area contributed by atoms with Crippen LogP contribution in [-0.4, -0.2) is 17.3 Å². The maximum atomic E-state index is 11.7. The summed E-state index contributed by atoms with van der Waals surface area (Å²) in [6, 6.07) is 3.19. The van der Waals surface area contributed by atoms with Crippen LogP contribution >= 0.6 is 39.1 Å². The van der Waals surface area contributed by atoms with Crippen LogP contribution in [0.3, 0.4) is 0 Å². The second kappa shape index (κ2) is 4.43. The van der Waals surface area contributed by atoms with Gasteiger partial charge in [0.05, 0.1) is 21.4 Å². The van der Waals surface area contributed by atoms with E-state index in [1.54, 1.807) is 17.0 Å². The molecule has 1 saturated heterocycles. The topological polar surface area (TPSA) is 46.3 Å². The third-order valence-corrected chi connectivity index (χ3v) is 3.68. The van der Waals surface area contributed by atoms with Crippen LogP contribution in [0.15, 0.2) is 12.1 Å². The Balaban J connectivity index is 2.41. The third kappa shape index (κ3) is 2.14. The van der Waals surface area contributed by atoms with Crippen LogP contribution in [0.5, 0.6) is 0 Å². The molecule has 2 rings (SSSR count). The first-order chi connectivity index (χ1) is 7.49. The van der Waals surface area contributed by atoms with Gasteiger partial charge in [0.15, 0.2) is 0 Å². The normalized spacial score (nSPS) is 20.6. The summed E-state index contributed by atoms with van der Waals surface area (Å²) in [6.07, 6.45) is 0.471. The first kappa shape index (κ1) is 12.0. The highest BCUT2D eigenvalue weighted by Crippen LogP contribution is 2.36. The Bertz CT molecular complexity index is 453. The second-order valence-corrected chi connectivity index (χ2v) is 5.74. The summed E-state index contributed by atoms with van der Waals surface area (Å²) in [4.78, 5) is 13.5. The zero-order valence-corrected chi connectivity index (χ0v) is 11.3. The molecule has 1 aromatic rings. The van der Waals surface area contributed by atoms with E-state index in [0.29, 0.717) is 34.4 Å². The fraction of sp³-hybridized carbons (Fsp3) is 0.300. The van der Waals surface area contributed by atoms with E-state index in [9.17, 15) is 4.79 Å². The van der Waals surface area contributed by atoms with Gasteiger partial charge in [-0.25, -0.2) is 0 Å².